The van der Waals surface area contributed by atoms with Crippen molar-refractivity contribution in [3.05, 3.63) is 35.0 Å². The maximum atomic E-state index is 9.71. The van der Waals surface area contributed by atoms with Crippen LogP contribution in [-0.2, 0) is 7.05 Å². The molecule has 1 atom stereocenters. The summed E-state index contributed by atoms with van der Waals surface area (Å²) in [4.78, 5) is 0. The quantitative estimate of drug-likeness (QED) is 0.818. The van der Waals surface area contributed by atoms with Gasteiger partial charge >= 0.3 is 0 Å². The van der Waals surface area contributed by atoms with Crippen molar-refractivity contribution >= 4 is 22.5 Å². The van der Waals surface area contributed by atoms with Crippen LogP contribution >= 0.6 is 11.6 Å². The highest BCUT2D eigenvalue weighted by Crippen LogP contribution is 2.28. The van der Waals surface area contributed by atoms with Gasteiger partial charge < -0.3 is 15.4 Å². The van der Waals surface area contributed by atoms with Crippen molar-refractivity contribution in [3.8, 4) is 0 Å². The number of hydrogen-bond donors (Lipinski definition) is 2. The van der Waals surface area contributed by atoms with Crippen LogP contribution in [0.25, 0.3) is 10.9 Å². The van der Waals surface area contributed by atoms with Crippen LogP contribution in [0.4, 0.5) is 0 Å². The molecule has 0 aliphatic carbocycles. The summed E-state index contributed by atoms with van der Waals surface area (Å²) in [5, 5.41) is 11.4. The van der Waals surface area contributed by atoms with Crippen molar-refractivity contribution < 1.29 is 5.11 Å². The lowest BCUT2D eigenvalue weighted by Crippen LogP contribution is -2.14. The molecule has 1 heterocycles. The second-order valence-electron chi connectivity index (χ2n) is 3.56. The summed E-state index contributed by atoms with van der Waals surface area (Å²) in [6.07, 6.45) is -0.640. The van der Waals surface area contributed by atoms with E-state index in [0.717, 1.165) is 16.6 Å². The molecule has 3 nitrogen and oxygen atoms in total. The van der Waals surface area contributed by atoms with Gasteiger partial charge in [0, 0.05) is 24.7 Å². The molecule has 0 saturated carbocycles. The molecule has 0 aliphatic rings. The van der Waals surface area contributed by atoms with Gasteiger partial charge in [-0.25, -0.2) is 0 Å². The van der Waals surface area contributed by atoms with Gasteiger partial charge in [-0.2, -0.15) is 0 Å². The minimum Gasteiger partial charge on any atom is -0.386 e. The molecule has 15 heavy (non-hydrogen) atoms. The number of halogens is 1. The number of nitrogens with zero attached hydrogens (tertiary/aromatic N) is 1. The molecule has 2 aromatic rings. The topological polar surface area (TPSA) is 51.2 Å². The molecule has 1 aromatic heterocycles. The van der Waals surface area contributed by atoms with Crippen LogP contribution in [0, 0.1) is 0 Å². The highest BCUT2D eigenvalue weighted by molar-refractivity contribution is 6.35. The van der Waals surface area contributed by atoms with Gasteiger partial charge in [0.1, 0.15) is 6.10 Å². The van der Waals surface area contributed by atoms with E-state index in [4.69, 9.17) is 17.3 Å². The molecule has 0 aliphatic heterocycles. The highest BCUT2D eigenvalue weighted by Gasteiger charge is 2.13. The summed E-state index contributed by atoms with van der Waals surface area (Å²) in [5.41, 5.74) is 7.16. The Morgan fingerprint density at radius 2 is 2.27 bits per heavy atom. The number of aliphatic hydroxyl groups is 1. The summed E-state index contributed by atoms with van der Waals surface area (Å²) in [7, 11) is 1.88. The molecule has 4 heteroatoms. The molecule has 1 aromatic carbocycles. The zero-order valence-electron chi connectivity index (χ0n) is 8.44. The van der Waals surface area contributed by atoms with E-state index >= 15 is 0 Å². The van der Waals surface area contributed by atoms with Crippen molar-refractivity contribution in [2.75, 3.05) is 6.54 Å². The molecular weight excluding hydrogens is 212 g/mol. The molecule has 80 valence electrons. The predicted molar refractivity (Wildman–Crippen MR) is 61.9 cm³/mol. The Labute approximate surface area is 93.1 Å². The van der Waals surface area contributed by atoms with Crippen LogP contribution in [-0.4, -0.2) is 16.2 Å². The van der Waals surface area contributed by atoms with Gasteiger partial charge in [-0.15, -0.1) is 0 Å². The lowest BCUT2D eigenvalue weighted by atomic mass is 10.2. The average Bonchev–Trinajstić information content (AvgIpc) is 2.56. The molecule has 0 fully saturated rings. The van der Waals surface area contributed by atoms with Gasteiger partial charge in [-0.3, -0.25) is 0 Å². The van der Waals surface area contributed by atoms with E-state index in [0.29, 0.717) is 5.02 Å². The monoisotopic (exact) mass is 224 g/mol. The van der Waals surface area contributed by atoms with Crippen LogP contribution in [0.15, 0.2) is 24.3 Å². The van der Waals surface area contributed by atoms with Gasteiger partial charge in [0.2, 0.25) is 0 Å². The van der Waals surface area contributed by atoms with Gasteiger partial charge in [-0.05, 0) is 12.1 Å². The van der Waals surface area contributed by atoms with Crippen LogP contribution in [0.2, 0.25) is 5.02 Å². The number of benzene rings is 1. The second-order valence-corrected chi connectivity index (χ2v) is 3.96. The summed E-state index contributed by atoms with van der Waals surface area (Å²) in [6, 6.07) is 7.61. The molecular formula is C11H13ClN2O. The van der Waals surface area contributed by atoms with Crippen LogP contribution in [0.3, 0.4) is 0 Å². The predicted octanol–water partition coefficient (Wildman–Crippen LogP) is 1.82. The second kappa shape index (κ2) is 3.85. The Hall–Kier alpha value is -1.03. The fourth-order valence-electron chi connectivity index (χ4n) is 1.83. The Morgan fingerprint density at radius 1 is 1.53 bits per heavy atom. The lowest BCUT2D eigenvalue weighted by molar-refractivity contribution is 0.179. The van der Waals surface area contributed by atoms with E-state index in [2.05, 4.69) is 0 Å². The molecule has 0 saturated heterocycles. The van der Waals surface area contributed by atoms with Gasteiger partial charge in [0.15, 0.2) is 0 Å². The van der Waals surface area contributed by atoms with E-state index in [1.807, 2.05) is 35.9 Å². The number of fused-ring (bicyclic) bond motifs is 1. The summed E-state index contributed by atoms with van der Waals surface area (Å²) < 4.78 is 1.88. The number of aryl methyl sites for hydroxylation is 1. The average molecular weight is 225 g/mol. The molecule has 0 radical (unpaired) electrons. The van der Waals surface area contributed by atoms with Crippen LogP contribution in [0.5, 0.6) is 0 Å². The lowest BCUT2D eigenvalue weighted by Gasteiger charge is -2.09. The van der Waals surface area contributed by atoms with Crippen molar-refractivity contribution in [2.24, 2.45) is 12.8 Å². The molecule has 1 unspecified atom stereocenters. The molecule has 0 bridgehead atoms. The first-order valence-corrected chi connectivity index (χ1v) is 5.15. The fraction of sp³-hybridized carbons (Fsp3) is 0.273. The smallest absolute Gasteiger partial charge is 0.106 e. The zero-order chi connectivity index (χ0) is 11.0. The molecule has 0 amide bonds. The number of nitrogens with two attached hydrogens (primary N) is 1. The minimum absolute atomic E-state index is 0.210. The maximum Gasteiger partial charge on any atom is 0.106 e. The number of hydrogen-bond acceptors (Lipinski definition) is 2. The van der Waals surface area contributed by atoms with Gasteiger partial charge in [0.05, 0.1) is 10.5 Å². The van der Waals surface area contributed by atoms with E-state index < -0.39 is 6.10 Å². The van der Waals surface area contributed by atoms with Crippen LogP contribution in [0.1, 0.15) is 11.8 Å². The molecule has 3 N–H and O–H groups in total. The first-order valence-electron chi connectivity index (χ1n) is 4.77. The number of aromatic nitrogens is 1. The largest absolute Gasteiger partial charge is 0.386 e. The van der Waals surface area contributed by atoms with Gasteiger partial charge in [-0.1, -0.05) is 23.7 Å². The summed E-state index contributed by atoms with van der Waals surface area (Å²) in [6.45, 7) is 0.210. The van der Waals surface area contributed by atoms with Crippen molar-refractivity contribution in [1.82, 2.24) is 4.57 Å². The number of para-hydroxylation sites is 1. The third-order valence-corrected chi connectivity index (χ3v) is 2.91. The molecule has 2 rings (SSSR count). The zero-order valence-corrected chi connectivity index (χ0v) is 9.20. The van der Waals surface area contributed by atoms with Crippen molar-refractivity contribution in [1.29, 1.82) is 0 Å². The third-order valence-electron chi connectivity index (χ3n) is 2.61. The number of aliphatic hydroxyl groups excluding tert-OH is 1. The standard InChI is InChI=1S/C11H13ClN2O/c1-14-9(10(15)6-13)5-7-3-2-4-8(12)11(7)14/h2-5,10,15H,6,13H2,1H3. The number of rotatable bonds is 2. The first kappa shape index (κ1) is 10.5. The van der Waals surface area contributed by atoms with E-state index in [1.165, 1.54) is 0 Å². The Morgan fingerprint density at radius 3 is 2.87 bits per heavy atom. The van der Waals surface area contributed by atoms with E-state index in [1.54, 1.807) is 0 Å². The summed E-state index contributed by atoms with van der Waals surface area (Å²) >= 11 is 6.09. The Kier molecular flexibility index (Phi) is 2.69. The normalized spacial score (nSPS) is 13.3. The van der Waals surface area contributed by atoms with Crippen LogP contribution < -0.4 is 5.73 Å². The van der Waals surface area contributed by atoms with E-state index in [-0.39, 0.29) is 6.54 Å². The Bertz CT molecular complexity index is 493. The first-order chi connectivity index (χ1) is 7.15. The maximum absolute atomic E-state index is 9.71. The summed E-state index contributed by atoms with van der Waals surface area (Å²) in [5.74, 6) is 0. The van der Waals surface area contributed by atoms with Gasteiger partial charge in [0.25, 0.3) is 0 Å². The van der Waals surface area contributed by atoms with Crippen molar-refractivity contribution in [3.63, 3.8) is 0 Å². The Balaban J connectivity index is 2.70. The molecule has 0 spiro atoms. The minimum atomic E-state index is -0.640. The highest BCUT2D eigenvalue weighted by atomic mass is 35.5. The SMILES string of the molecule is Cn1c(C(O)CN)cc2cccc(Cl)c21. The fourth-order valence-corrected chi connectivity index (χ4v) is 2.14. The van der Waals surface area contributed by atoms with Crippen molar-refractivity contribution in [2.45, 2.75) is 6.10 Å². The van der Waals surface area contributed by atoms with E-state index in [9.17, 15) is 5.11 Å². The third kappa shape index (κ3) is 1.63.